The molecule has 17 heavy (non-hydrogen) atoms. The summed E-state index contributed by atoms with van der Waals surface area (Å²) in [7, 11) is 0. The molecule has 0 fully saturated rings. The van der Waals surface area contributed by atoms with Crippen LogP contribution in [0.4, 0.5) is 11.6 Å². The van der Waals surface area contributed by atoms with Crippen molar-refractivity contribution >= 4 is 23.0 Å². The lowest BCUT2D eigenvalue weighted by Crippen LogP contribution is -2.05. The van der Waals surface area contributed by atoms with Gasteiger partial charge in [-0.25, -0.2) is 9.97 Å². The van der Waals surface area contributed by atoms with E-state index in [4.69, 9.17) is 0 Å². The maximum atomic E-state index is 10.9. The van der Waals surface area contributed by atoms with Gasteiger partial charge >= 0.3 is 10.6 Å². The third-order valence-corrected chi connectivity index (χ3v) is 2.58. The number of nitrogens with zero attached hydrogens (tertiary/aromatic N) is 3. The summed E-state index contributed by atoms with van der Waals surface area (Å²) in [4.78, 5) is 30.7. The number of thiazole rings is 1. The van der Waals surface area contributed by atoms with Crippen molar-refractivity contribution in [3.05, 3.63) is 43.2 Å². The summed E-state index contributed by atoms with van der Waals surface area (Å²) in [6, 6.07) is 0. The molecule has 0 bridgehead atoms. The molecule has 2 rings (SSSR count). The smallest absolute Gasteiger partial charge is 0.305 e. The molecule has 0 aliphatic carbocycles. The van der Waals surface area contributed by atoms with Gasteiger partial charge in [0.1, 0.15) is 12.4 Å². The number of hydrogen-bond donors (Lipinski definition) is 2. The van der Waals surface area contributed by atoms with Gasteiger partial charge in [0.15, 0.2) is 0 Å². The Morgan fingerprint density at radius 2 is 2.18 bits per heavy atom. The summed E-state index contributed by atoms with van der Waals surface area (Å²) >= 11 is 1.06. The lowest BCUT2D eigenvalue weighted by molar-refractivity contribution is -0.385. The monoisotopic (exact) mass is 253 g/mol. The van der Waals surface area contributed by atoms with E-state index >= 15 is 0 Å². The fourth-order valence-corrected chi connectivity index (χ4v) is 1.66. The number of aromatic amines is 1. The number of nitrogens with one attached hydrogen (secondary N) is 2. The van der Waals surface area contributed by atoms with Crippen LogP contribution in [0.25, 0.3) is 0 Å². The second-order valence-corrected chi connectivity index (χ2v) is 3.89. The molecule has 0 amide bonds. The van der Waals surface area contributed by atoms with Crippen LogP contribution < -0.4 is 10.2 Å². The first kappa shape index (κ1) is 11.2. The molecule has 0 atom stereocenters. The average molecular weight is 253 g/mol. The molecule has 88 valence electrons. The van der Waals surface area contributed by atoms with Gasteiger partial charge in [-0.05, 0) is 0 Å². The third-order valence-electron chi connectivity index (χ3n) is 1.86. The largest absolute Gasteiger partial charge is 0.349 e. The van der Waals surface area contributed by atoms with E-state index in [-0.39, 0.29) is 16.5 Å². The molecule has 0 saturated heterocycles. The molecule has 0 saturated carbocycles. The van der Waals surface area contributed by atoms with Crippen molar-refractivity contribution in [2.75, 3.05) is 5.32 Å². The van der Waals surface area contributed by atoms with Crippen molar-refractivity contribution in [2.24, 2.45) is 0 Å². The molecule has 2 aromatic heterocycles. The van der Waals surface area contributed by atoms with Crippen molar-refractivity contribution in [1.82, 2.24) is 15.0 Å². The van der Waals surface area contributed by atoms with Gasteiger partial charge in [-0.2, -0.15) is 0 Å². The summed E-state index contributed by atoms with van der Waals surface area (Å²) in [6.45, 7) is 0.358. The molecule has 2 N–H and O–H groups in total. The van der Waals surface area contributed by atoms with E-state index in [0.717, 1.165) is 23.7 Å². The molecule has 0 spiro atoms. The van der Waals surface area contributed by atoms with Crippen molar-refractivity contribution in [2.45, 2.75) is 6.54 Å². The molecule has 0 aromatic carbocycles. The molecule has 0 aliphatic rings. The molecule has 0 aliphatic heterocycles. The lowest BCUT2D eigenvalue weighted by atomic mass is 10.5. The second-order valence-electron chi connectivity index (χ2n) is 3.05. The normalized spacial score (nSPS) is 10.1. The minimum Gasteiger partial charge on any atom is -0.349 e. The zero-order chi connectivity index (χ0) is 12.3. The van der Waals surface area contributed by atoms with E-state index in [0.29, 0.717) is 12.2 Å². The van der Waals surface area contributed by atoms with Gasteiger partial charge in [-0.15, -0.1) is 0 Å². The zero-order valence-electron chi connectivity index (χ0n) is 8.41. The van der Waals surface area contributed by atoms with E-state index in [1.165, 1.54) is 0 Å². The van der Waals surface area contributed by atoms with E-state index in [2.05, 4.69) is 20.3 Å². The Kier molecular flexibility index (Phi) is 3.10. The highest BCUT2D eigenvalue weighted by atomic mass is 32.1. The van der Waals surface area contributed by atoms with Gasteiger partial charge in [-0.1, -0.05) is 11.3 Å². The Bertz CT molecular complexity index is 575. The summed E-state index contributed by atoms with van der Waals surface area (Å²) < 4.78 is 0. The zero-order valence-corrected chi connectivity index (χ0v) is 9.23. The van der Waals surface area contributed by atoms with Gasteiger partial charge in [0.2, 0.25) is 5.95 Å². The number of nitro groups is 1. The summed E-state index contributed by atoms with van der Waals surface area (Å²) in [5.74, 6) is 0.266. The SMILES string of the molecule is O=c1[nH]c(CNc2ncc([N+](=O)[O-])cn2)cs1. The van der Waals surface area contributed by atoms with E-state index < -0.39 is 4.92 Å². The van der Waals surface area contributed by atoms with Crippen molar-refractivity contribution in [1.29, 1.82) is 0 Å². The van der Waals surface area contributed by atoms with Gasteiger partial charge in [-0.3, -0.25) is 14.9 Å². The first-order valence-corrected chi connectivity index (χ1v) is 5.40. The van der Waals surface area contributed by atoms with Gasteiger partial charge in [0.05, 0.1) is 11.5 Å². The number of H-pyrrole nitrogens is 1. The number of rotatable bonds is 4. The van der Waals surface area contributed by atoms with E-state index in [9.17, 15) is 14.9 Å². The minimum absolute atomic E-state index is 0.133. The van der Waals surface area contributed by atoms with E-state index in [1.807, 2.05) is 0 Å². The maximum absolute atomic E-state index is 10.9. The van der Waals surface area contributed by atoms with Gasteiger partial charge in [0, 0.05) is 11.1 Å². The Hall–Kier alpha value is -2.29. The summed E-state index contributed by atoms with van der Waals surface area (Å²) in [6.07, 6.45) is 2.23. The molecule has 2 aromatic rings. The second kappa shape index (κ2) is 4.70. The van der Waals surface area contributed by atoms with Crippen LogP contribution in [0, 0.1) is 10.1 Å². The fraction of sp³-hybridized carbons (Fsp3) is 0.125. The number of anilines is 1. The molecule has 2 heterocycles. The van der Waals surface area contributed by atoms with Crippen molar-refractivity contribution in [3.63, 3.8) is 0 Å². The summed E-state index contributed by atoms with van der Waals surface area (Å²) in [5.41, 5.74) is 0.543. The Balaban J connectivity index is 2.00. The Morgan fingerprint density at radius 1 is 1.47 bits per heavy atom. The highest BCUT2D eigenvalue weighted by Crippen LogP contribution is 2.08. The first-order valence-electron chi connectivity index (χ1n) is 4.52. The van der Waals surface area contributed by atoms with Crippen LogP contribution in [0.2, 0.25) is 0 Å². The van der Waals surface area contributed by atoms with Gasteiger partial charge < -0.3 is 10.3 Å². The molecule has 8 nitrogen and oxygen atoms in total. The van der Waals surface area contributed by atoms with Crippen LogP contribution in [-0.4, -0.2) is 19.9 Å². The van der Waals surface area contributed by atoms with Crippen LogP contribution in [0.15, 0.2) is 22.6 Å². The molecular formula is C8H7N5O3S. The topological polar surface area (TPSA) is 114 Å². The lowest BCUT2D eigenvalue weighted by Gasteiger charge is -2.01. The average Bonchev–Trinajstić information content (AvgIpc) is 2.73. The van der Waals surface area contributed by atoms with Crippen LogP contribution in [0.5, 0.6) is 0 Å². The quantitative estimate of drug-likeness (QED) is 0.613. The third kappa shape index (κ3) is 2.84. The fourth-order valence-electron chi connectivity index (χ4n) is 1.08. The molecule has 0 radical (unpaired) electrons. The minimum atomic E-state index is -0.569. The van der Waals surface area contributed by atoms with Crippen LogP contribution in [-0.2, 0) is 6.54 Å². The van der Waals surface area contributed by atoms with Crippen LogP contribution in [0.3, 0.4) is 0 Å². The van der Waals surface area contributed by atoms with Crippen LogP contribution >= 0.6 is 11.3 Å². The Morgan fingerprint density at radius 3 is 2.71 bits per heavy atom. The van der Waals surface area contributed by atoms with E-state index in [1.54, 1.807) is 5.38 Å². The maximum Gasteiger partial charge on any atom is 0.305 e. The molecular weight excluding hydrogens is 246 g/mol. The first-order chi connectivity index (χ1) is 8.15. The molecule has 9 heteroatoms. The number of aromatic nitrogens is 3. The predicted octanol–water partition coefficient (Wildman–Crippen LogP) is 0.747. The summed E-state index contributed by atoms with van der Waals surface area (Å²) in [5, 5.41) is 14.9. The predicted molar refractivity (Wildman–Crippen MR) is 61.0 cm³/mol. The molecule has 0 unspecified atom stereocenters. The standard InChI is InChI=1S/C8H7N5O3S/c14-8-12-5(4-17-8)1-9-7-10-2-6(3-11-7)13(15)16/h2-4H,1H2,(H,12,14)(H,9,10,11). The number of hydrogen-bond acceptors (Lipinski definition) is 7. The highest BCUT2D eigenvalue weighted by Gasteiger charge is 2.06. The van der Waals surface area contributed by atoms with Crippen LogP contribution in [0.1, 0.15) is 5.69 Å². The Labute approximate surface area is 98.5 Å². The van der Waals surface area contributed by atoms with Crippen molar-refractivity contribution < 1.29 is 4.92 Å². The highest BCUT2D eigenvalue weighted by molar-refractivity contribution is 7.07. The van der Waals surface area contributed by atoms with Crippen molar-refractivity contribution in [3.8, 4) is 0 Å². The van der Waals surface area contributed by atoms with Gasteiger partial charge in [0.25, 0.3) is 0 Å².